The molecule has 1 aromatic rings. The number of hydrogen-bond donors (Lipinski definition) is 2. The van der Waals surface area contributed by atoms with Gasteiger partial charge in [0.05, 0.1) is 6.10 Å². The molecule has 0 radical (unpaired) electrons. The van der Waals surface area contributed by atoms with E-state index in [4.69, 9.17) is 5.73 Å². The van der Waals surface area contributed by atoms with Crippen LogP contribution in [-0.2, 0) is 6.42 Å². The van der Waals surface area contributed by atoms with E-state index < -0.39 is 0 Å². The molecule has 1 atom stereocenters. The maximum Gasteiger partial charge on any atom is 0.126 e. The zero-order chi connectivity index (χ0) is 10.2. The average Bonchev–Trinajstić information content (AvgIpc) is 2.89. The van der Waals surface area contributed by atoms with E-state index in [1.807, 2.05) is 12.1 Å². The maximum absolute atomic E-state index is 9.94. The van der Waals surface area contributed by atoms with Gasteiger partial charge in [-0.2, -0.15) is 0 Å². The molecule has 0 amide bonds. The minimum absolute atomic E-state index is 0.127. The molecule has 0 bridgehead atoms. The predicted molar refractivity (Wildman–Crippen MR) is 55.7 cm³/mol. The van der Waals surface area contributed by atoms with Crippen molar-refractivity contribution in [1.82, 2.24) is 4.98 Å². The molecule has 3 heteroatoms. The van der Waals surface area contributed by atoms with Crippen molar-refractivity contribution in [3.05, 3.63) is 23.9 Å². The molecule has 0 spiro atoms. The van der Waals surface area contributed by atoms with Crippen molar-refractivity contribution in [2.24, 2.45) is 5.41 Å². The van der Waals surface area contributed by atoms with E-state index in [0.29, 0.717) is 12.2 Å². The average molecular weight is 192 g/mol. The third kappa shape index (κ3) is 1.73. The second-order valence-electron chi connectivity index (χ2n) is 4.42. The van der Waals surface area contributed by atoms with Crippen molar-refractivity contribution in [1.29, 1.82) is 0 Å². The standard InChI is InChI=1S/C11H16N2O/c1-11(4-5-11)9(14)7-8-3-2-6-13-10(8)12/h2-3,6,9,14H,4-5,7H2,1H3,(H2,12,13). The minimum Gasteiger partial charge on any atom is -0.392 e. The molecule has 14 heavy (non-hydrogen) atoms. The molecule has 0 aromatic carbocycles. The number of pyridine rings is 1. The molecule has 76 valence electrons. The van der Waals surface area contributed by atoms with Crippen molar-refractivity contribution in [3.8, 4) is 0 Å². The highest BCUT2D eigenvalue weighted by molar-refractivity contribution is 5.39. The molecule has 0 aliphatic heterocycles. The minimum atomic E-state index is -0.283. The molecule has 3 N–H and O–H groups in total. The molecule has 2 rings (SSSR count). The van der Waals surface area contributed by atoms with Gasteiger partial charge in [-0.15, -0.1) is 0 Å². The van der Waals surface area contributed by atoms with Crippen molar-refractivity contribution in [2.75, 3.05) is 5.73 Å². The first kappa shape index (κ1) is 9.46. The lowest BCUT2D eigenvalue weighted by Crippen LogP contribution is -2.22. The fourth-order valence-electron chi connectivity index (χ4n) is 1.61. The van der Waals surface area contributed by atoms with Crippen molar-refractivity contribution in [3.63, 3.8) is 0 Å². The van der Waals surface area contributed by atoms with Crippen molar-refractivity contribution < 1.29 is 5.11 Å². The van der Waals surface area contributed by atoms with Gasteiger partial charge < -0.3 is 10.8 Å². The Morgan fingerprint density at radius 1 is 1.64 bits per heavy atom. The van der Waals surface area contributed by atoms with Crippen LogP contribution in [0.25, 0.3) is 0 Å². The first-order chi connectivity index (χ1) is 6.62. The molecular formula is C11H16N2O. The summed E-state index contributed by atoms with van der Waals surface area (Å²) in [6, 6.07) is 3.78. The lowest BCUT2D eigenvalue weighted by molar-refractivity contribution is 0.103. The molecule has 1 heterocycles. The number of hydrogen-bond acceptors (Lipinski definition) is 3. The van der Waals surface area contributed by atoms with Gasteiger partial charge in [0.1, 0.15) is 5.82 Å². The fourth-order valence-corrected chi connectivity index (χ4v) is 1.61. The van der Waals surface area contributed by atoms with Crippen LogP contribution in [-0.4, -0.2) is 16.2 Å². The number of nitrogens with zero attached hydrogens (tertiary/aromatic N) is 1. The van der Waals surface area contributed by atoms with Gasteiger partial charge in [-0.1, -0.05) is 13.0 Å². The van der Waals surface area contributed by atoms with E-state index in [1.165, 1.54) is 0 Å². The van der Waals surface area contributed by atoms with Gasteiger partial charge >= 0.3 is 0 Å². The molecule has 3 nitrogen and oxygen atoms in total. The van der Waals surface area contributed by atoms with Crippen LogP contribution in [0.15, 0.2) is 18.3 Å². The van der Waals surface area contributed by atoms with E-state index in [2.05, 4.69) is 11.9 Å². The quantitative estimate of drug-likeness (QED) is 0.760. The Labute approximate surface area is 84.0 Å². The smallest absolute Gasteiger partial charge is 0.126 e. The van der Waals surface area contributed by atoms with Crippen LogP contribution in [0.1, 0.15) is 25.3 Å². The number of aliphatic hydroxyl groups excluding tert-OH is 1. The number of nitrogens with two attached hydrogens (primary N) is 1. The Kier molecular flexibility index (Phi) is 2.19. The SMILES string of the molecule is CC1(C(O)Cc2cccnc2N)CC1. The Hall–Kier alpha value is -1.09. The van der Waals surface area contributed by atoms with Crippen molar-refractivity contribution >= 4 is 5.82 Å². The summed E-state index contributed by atoms with van der Waals surface area (Å²) in [6.45, 7) is 2.12. The van der Waals surface area contributed by atoms with Crippen LogP contribution in [0.4, 0.5) is 5.82 Å². The zero-order valence-electron chi connectivity index (χ0n) is 8.40. The summed E-state index contributed by atoms with van der Waals surface area (Å²) in [5.41, 5.74) is 6.79. The van der Waals surface area contributed by atoms with Crippen LogP contribution >= 0.6 is 0 Å². The summed E-state index contributed by atoms with van der Waals surface area (Å²) in [5, 5.41) is 9.94. The van der Waals surface area contributed by atoms with Gasteiger partial charge in [-0.25, -0.2) is 4.98 Å². The molecule has 1 unspecified atom stereocenters. The normalized spacial score (nSPS) is 20.4. The van der Waals surface area contributed by atoms with Gasteiger partial charge in [-0.05, 0) is 29.9 Å². The molecular weight excluding hydrogens is 176 g/mol. The number of nitrogen functional groups attached to an aromatic ring is 1. The summed E-state index contributed by atoms with van der Waals surface area (Å²) >= 11 is 0. The Balaban J connectivity index is 2.07. The lowest BCUT2D eigenvalue weighted by Gasteiger charge is -2.17. The third-order valence-electron chi connectivity index (χ3n) is 3.18. The van der Waals surface area contributed by atoms with Crippen LogP contribution in [0.5, 0.6) is 0 Å². The molecule has 0 saturated heterocycles. The number of aromatic nitrogens is 1. The summed E-state index contributed by atoms with van der Waals surface area (Å²) < 4.78 is 0. The monoisotopic (exact) mass is 192 g/mol. The largest absolute Gasteiger partial charge is 0.392 e. The van der Waals surface area contributed by atoms with Crippen LogP contribution in [0, 0.1) is 5.41 Å². The van der Waals surface area contributed by atoms with Crippen LogP contribution in [0.3, 0.4) is 0 Å². The molecule has 1 fully saturated rings. The number of aliphatic hydroxyl groups is 1. The summed E-state index contributed by atoms with van der Waals surface area (Å²) in [6.07, 6.45) is 4.25. The van der Waals surface area contributed by atoms with Crippen LogP contribution in [0.2, 0.25) is 0 Å². The molecule has 1 aliphatic rings. The van der Waals surface area contributed by atoms with Crippen molar-refractivity contribution in [2.45, 2.75) is 32.3 Å². The van der Waals surface area contributed by atoms with E-state index in [-0.39, 0.29) is 11.5 Å². The molecule has 1 aliphatic carbocycles. The summed E-state index contributed by atoms with van der Waals surface area (Å²) in [7, 11) is 0. The van der Waals surface area contributed by atoms with E-state index in [0.717, 1.165) is 18.4 Å². The second kappa shape index (κ2) is 3.24. The lowest BCUT2D eigenvalue weighted by atomic mass is 9.95. The van der Waals surface area contributed by atoms with E-state index in [1.54, 1.807) is 6.20 Å². The molecule has 1 saturated carbocycles. The first-order valence-corrected chi connectivity index (χ1v) is 4.99. The van der Waals surface area contributed by atoms with Gasteiger partial charge in [0.25, 0.3) is 0 Å². The highest BCUT2D eigenvalue weighted by Gasteiger charge is 2.43. The Morgan fingerprint density at radius 2 is 2.36 bits per heavy atom. The van der Waals surface area contributed by atoms with Gasteiger partial charge in [0, 0.05) is 12.6 Å². The highest BCUT2D eigenvalue weighted by Crippen LogP contribution is 2.49. The Morgan fingerprint density at radius 3 is 2.93 bits per heavy atom. The van der Waals surface area contributed by atoms with E-state index >= 15 is 0 Å². The first-order valence-electron chi connectivity index (χ1n) is 4.99. The van der Waals surface area contributed by atoms with Gasteiger partial charge in [-0.3, -0.25) is 0 Å². The third-order valence-corrected chi connectivity index (χ3v) is 3.18. The highest BCUT2D eigenvalue weighted by atomic mass is 16.3. The zero-order valence-corrected chi connectivity index (χ0v) is 8.40. The van der Waals surface area contributed by atoms with E-state index in [9.17, 15) is 5.11 Å². The Bertz CT molecular complexity index is 334. The van der Waals surface area contributed by atoms with Gasteiger partial charge in [0.15, 0.2) is 0 Å². The summed E-state index contributed by atoms with van der Waals surface area (Å²) in [5.74, 6) is 0.538. The van der Waals surface area contributed by atoms with Gasteiger partial charge in [0.2, 0.25) is 0 Å². The summed E-state index contributed by atoms with van der Waals surface area (Å²) in [4.78, 5) is 4.00. The predicted octanol–water partition coefficient (Wildman–Crippen LogP) is 1.37. The maximum atomic E-state index is 9.94. The fraction of sp³-hybridized carbons (Fsp3) is 0.545. The topological polar surface area (TPSA) is 59.1 Å². The molecule has 1 aromatic heterocycles. The number of rotatable bonds is 3. The second-order valence-corrected chi connectivity index (χ2v) is 4.42. The number of anilines is 1. The van der Waals surface area contributed by atoms with Crippen LogP contribution < -0.4 is 5.73 Å².